The van der Waals surface area contributed by atoms with Crippen LogP contribution in [0.5, 0.6) is 5.75 Å². The maximum Gasteiger partial charge on any atom is 0.235 e. The fourth-order valence-electron chi connectivity index (χ4n) is 3.38. The third kappa shape index (κ3) is 2.89. The maximum absolute atomic E-state index is 10.9. The number of hydrogen-bond donors (Lipinski definition) is 0. The number of nitrogens with zero attached hydrogens (tertiary/aromatic N) is 1. The zero-order valence-electron chi connectivity index (χ0n) is 13.7. The van der Waals surface area contributed by atoms with Gasteiger partial charge < -0.3 is 4.74 Å². The van der Waals surface area contributed by atoms with Crippen molar-refractivity contribution in [1.82, 2.24) is 0 Å². The van der Waals surface area contributed by atoms with Crippen LogP contribution in [0.1, 0.15) is 63.1 Å². The van der Waals surface area contributed by atoms with Gasteiger partial charge in [-0.2, -0.15) is 4.99 Å². The van der Waals surface area contributed by atoms with E-state index >= 15 is 0 Å². The number of methoxy groups -OCH3 is 1. The fourth-order valence-corrected chi connectivity index (χ4v) is 3.38. The van der Waals surface area contributed by atoms with Gasteiger partial charge in [0.1, 0.15) is 5.75 Å². The number of carbonyl (C=O) groups excluding carboxylic acids is 1. The van der Waals surface area contributed by atoms with Gasteiger partial charge in [-0.15, -0.1) is 0 Å². The molecule has 0 amide bonds. The van der Waals surface area contributed by atoms with Crippen LogP contribution < -0.4 is 4.74 Å². The molecule has 0 aliphatic heterocycles. The van der Waals surface area contributed by atoms with Crippen LogP contribution in [-0.4, -0.2) is 13.2 Å². The summed E-state index contributed by atoms with van der Waals surface area (Å²) in [5.74, 6) is 0.939. The van der Waals surface area contributed by atoms with Crippen molar-refractivity contribution >= 4 is 6.08 Å². The lowest BCUT2D eigenvalue weighted by atomic mass is 9.80. The first-order valence-corrected chi connectivity index (χ1v) is 7.63. The molecule has 3 heteroatoms. The minimum atomic E-state index is -0.376. The predicted molar refractivity (Wildman–Crippen MR) is 84.7 cm³/mol. The molecule has 1 aliphatic carbocycles. The van der Waals surface area contributed by atoms with E-state index in [-0.39, 0.29) is 11.0 Å². The van der Waals surface area contributed by atoms with Crippen LogP contribution in [0, 0.1) is 6.92 Å². The van der Waals surface area contributed by atoms with Crippen LogP contribution in [-0.2, 0) is 15.7 Å². The molecule has 0 atom stereocenters. The zero-order valence-corrected chi connectivity index (χ0v) is 13.7. The molecule has 0 N–H and O–H groups in total. The van der Waals surface area contributed by atoms with Crippen LogP contribution in [0.4, 0.5) is 0 Å². The Balaban J connectivity index is 2.65. The zero-order chi connectivity index (χ0) is 15.7. The lowest BCUT2D eigenvalue weighted by Gasteiger charge is -2.29. The number of aliphatic imine (C=N–C) groups is 1. The molecule has 3 nitrogen and oxygen atoms in total. The van der Waals surface area contributed by atoms with Crippen molar-refractivity contribution in [1.29, 1.82) is 0 Å². The summed E-state index contributed by atoms with van der Waals surface area (Å²) in [4.78, 5) is 15.1. The van der Waals surface area contributed by atoms with Gasteiger partial charge in [-0.25, -0.2) is 4.79 Å². The number of hydrogen-bond acceptors (Lipinski definition) is 3. The lowest BCUT2D eigenvalue weighted by molar-refractivity contribution is 0.391. The Bertz CT molecular complexity index is 572. The first kappa shape index (κ1) is 15.8. The smallest absolute Gasteiger partial charge is 0.235 e. The summed E-state index contributed by atoms with van der Waals surface area (Å²) < 4.78 is 5.61. The Morgan fingerprint density at radius 2 is 1.86 bits per heavy atom. The second-order valence-electron chi connectivity index (χ2n) is 7.07. The molecule has 0 unspecified atom stereocenters. The predicted octanol–water partition coefficient (Wildman–Crippen LogP) is 4.41. The van der Waals surface area contributed by atoms with Crippen molar-refractivity contribution in [3.8, 4) is 5.75 Å². The molecule has 0 heterocycles. The van der Waals surface area contributed by atoms with Crippen LogP contribution in [0.3, 0.4) is 0 Å². The molecule has 0 saturated heterocycles. The van der Waals surface area contributed by atoms with Gasteiger partial charge in [-0.3, -0.25) is 0 Å². The van der Waals surface area contributed by atoms with Gasteiger partial charge in [0.25, 0.3) is 0 Å². The summed E-state index contributed by atoms with van der Waals surface area (Å²) >= 11 is 0. The summed E-state index contributed by atoms with van der Waals surface area (Å²) in [6, 6.07) is 4.30. The van der Waals surface area contributed by atoms with Gasteiger partial charge in [-0.05, 0) is 48.4 Å². The summed E-state index contributed by atoms with van der Waals surface area (Å²) in [7, 11) is 1.71. The molecular formula is C18H25NO2. The monoisotopic (exact) mass is 287 g/mol. The van der Waals surface area contributed by atoms with Crippen LogP contribution >= 0.6 is 0 Å². The van der Waals surface area contributed by atoms with Crippen molar-refractivity contribution in [2.45, 2.75) is 64.3 Å². The van der Waals surface area contributed by atoms with E-state index in [1.54, 1.807) is 13.2 Å². The molecule has 1 aromatic rings. The second kappa shape index (κ2) is 5.65. The topological polar surface area (TPSA) is 38.7 Å². The highest BCUT2D eigenvalue weighted by Crippen LogP contribution is 2.45. The molecular weight excluding hydrogens is 262 g/mol. The minimum absolute atomic E-state index is 0.0171. The Kier molecular flexibility index (Phi) is 4.25. The van der Waals surface area contributed by atoms with Crippen molar-refractivity contribution < 1.29 is 9.53 Å². The van der Waals surface area contributed by atoms with Crippen LogP contribution in [0.2, 0.25) is 0 Å². The largest absolute Gasteiger partial charge is 0.496 e. The third-order valence-corrected chi connectivity index (χ3v) is 4.51. The summed E-state index contributed by atoms with van der Waals surface area (Å²) in [5, 5.41) is 0. The molecule has 114 valence electrons. The number of aryl methyl sites for hydroxylation is 1. The molecule has 1 aliphatic rings. The van der Waals surface area contributed by atoms with Gasteiger partial charge >= 0.3 is 0 Å². The number of isocyanates is 1. The van der Waals surface area contributed by atoms with E-state index in [9.17, 15) is 4.79 Å². The molecule has 0 radical (unpaired) electrons. The number of benzene rings is 1. The minimum Gasteiger partial charge on any atom is -0.496 e. The Morgan fingerprint density at radius 1 is 1.24 bits per heavy atom. The molecule has 0 bridgehead atoms. The molecule has 1 saturated carbocycles. The van der Waals surface area contributed by atoms with Crippen LogP contribution in [0.25, 0.3) is 0 Å². The lowest BCUT2D eigenvalue weighted by Crippen LogP contribution is -2.22. The van der Waals surface area contributed by atoms with Crippen molar-refractivity contribution in [2.24, 2.45) is 4.99 Å². The summed E-state index contributed by atoms with van der Waals surface area (Å²) in [5.41, 5.74) is 3.02. The van der Waals surface area contributed by atoms with E-state index in [2.05, 4.69) is 44.8 Å². The van der Waals surface area contributed by atoms with Crippen LogP contribution in [0.15, 0.2) is 17.1 Å². The third-order valence-electron chi connectivity index (χ3n) is 4.51. The summed E-state index contributed by atoms with van der Waals surface area (Å²) in [6.45, 7) is 8.60. The molecule has 21 heavy (non-hydrogen) atoms. The highest BCUT2D eigenvalue weighted by atomic mass is 16.5. The van der Waals surface area contributed by atoms with E-state index in [0.29, 0.717) is 0 Å². The van der Waals surface area contributed by atoms with Crippen molar-refractivity contribution in [3.63, 3.8) is 0 Å². The van der Waals surface area contributed by atoms with E-state index in [4.69, 9.17) is 4.74 Å². The second-order valence-corrected chi connectivity index (χ2v) is 7.07. The van der Waals surface area contributed by atoms with E-state index in [1.807, 2.05) is 0 Å². The normalized spacial score (nSPS) is 17.4. The van der Waals surface area contributed by atoms with Gasteiger partial charge in [-0.1, -0.05) is 33.6 Å². The summed E-state index contributed by atoms with van der Waals surface area (Å²) in [6.07, 6.45) is 5.88. The maximum atomic E-state index is 10.9. The molecule has 1 aromatic carbocycles. The molecule has 2 rings (SSSR count). The Hall–Kier alpha value is -1.60. The van der Waals surface area contributed by atoms with E-state index < -0.39 is 0 Å². The Labute approximate surface area is 127 Å². The quantitative estimate of drug-likeness (QED) is 0.610. The SMILES string of the molecule is COc1c(C)cc(C2(N=C=O)CCCC2)cc1C(C)(C)C. The van der Waals surface area contributed by atoms with Gasteiger partial charge in [0.15, 0.2) is 0 Å². The molecule has 0 aromatic heterocycles. The van der Waals surface area contributed by atoms with Crippen molar-refractivity contribution in [2.75, 3.05) is 7.11 Å². The van der Waals surface area contributed by atoms with Crippen molar-refractivity contribution in [3.05, 3.63) is 28.8 Å². The first-order chi connectivity index (χ1) is 9.84. The van der Waals surface area contributed by atoms with Gasteiger partial charge in [0.05, 0.1) is 12.6 Å². The first-order valence-electron chi connectivity index (χ1n) is 7.63. The van der Waals surface area contributed by atoms with Gasteiger partial charge in [0, 0.05) is 5.56 Å². The molecule has 0 spiro atoms. The fraction of sp³-hybridized carbons (Fsp3) is 0.611. The highest BCUT2D eigenvalue weighted by Gasteiger charge is 2.37. The standard InChI is InChI=1S/C18H25NO2/c1-13-10-14(18(19-12-20)8-6-7-9-18)11-15(16(13)21-5)17(2,3)4/h10-11H,6-9H2,1-5H3. The molecule has 1 fully saturated rings. The average Bonchev–Trinajstić information content (AvgIpc) is 2.87. The van der Waals surface area contributed by atoms with Gasteiger partial charge in [0.2, 0.25) is 6.08 Å². The highest BCUT2D eigenvalue weighted by molar-refractivity contribution is 5.50. The van der Waals surface area contributed by atoms with E-state index in [1.165, 1.54) is 5.56 Å². The number of ether oxygens (including phenoxy) is 1. The Morgan fingerprint density at radius 3 is 2.33 bits per heavy atom. The van der Waals surface area contributed by atoms with E-state index in [0.717, 1.165) is 42.6 Å². The number of rotatable bonds is 3. The average molecular weight is 287 g/mol.